The smallest absolute Gasteiger partial charge is 0.280 e. The summed E-state index contributed by atoms with van der Waals surface area (Å²) < 4.78 is 56.5. The van der Waals surface area contributed by atoms with Crippen molar-refractivity contribution in [3.05, 3.63) is 65.2 Å². The van der Waals surface area contributed by atoms with Crippen molar-refractivity contribution in [2.24, 2.45) is 0 Å². The van der Waals surface area contributed by atoms with Crippen molar-refractivity contribution < 1.29 is 26.8 Å². The fourth-order valence-electron chi connectivity index (χ4n) is 4.54. The van der Waals surface area contributed by atoms with Crippen molar-refractivity contribution in [1.82, 2.24) is 14.3 Å². The summed E-state index contributed by atoms with van der Waals surface area (Å²) in [6.07, 6.45) is 4.61. The third kappa shape index (κ3) is 6.26. The number of anilines is 1. The molecule has 0 bridgehead atoms. The predicted molar refractivity (Wildman–Crippen MR) is 131 cm³/mol. The van der Waals surface area contributed by atoms with Crippen molar-refractivity contribution in [1.29, 1.82) is 0 Å². The summed E-state index contributed by atoms with van der Waals surface area (Å²) in [5, 5.41) is 3.01. The predicted octanol–water partition coefficient (Wildman–Crippen LogP) is 2.95. The van der Waals surface area contributed by atoms with Gasteiger partial charge in [-0.25, -0.2) is 8.78 Å². The van der Waals surface area contributed by atoms with Crippen LogP contribution in [0.2, 0.25) is 0 Å². The van der Waals surface area contributed by atoms with E-state index in [1.165, 1.54) is 0 Å². The monoisotopic (exact) mass is 520 g/mol. The van der Waals surface area contributed by atoms with Crippen LogP contribution in [0.3, 0.4) is 0 Å². The zero-order chi connectivity index (χ0) is 25.9. The maximum absolute atomic E-state index is 14.3. The molecule has 1 aliphatic heterocycles. The van der Waals surface area contributed by atoms with Gasteiger partial charge in [0.25, 0.3) is 10.2 Å². The fourth-order valence-corrected chi connectivity index (χ4v) is 5.60. The number of nitrogens with one attached hydrogen (secondary N) is 2. The third-order valence-electron chi connectivity index (χ3n) is 6.49. The van der Waals surface area contributed by atoms with Crippen LogP contribution in [-0.2, 0) is 19.8 Å². The molecule has 1 aliphatic carbocycles. The average molecular weight is 521 g/mol. The van der Waals surface area contributed by atoms with Crippen molar-refractivity contribution in [3.8, 4) is 0 Å². The maximum atomic E-state index is 14.3. The Morgan fingerprint density at radius 2 is 1.69 bits per heavy atom. The van der Waals surface area contributed by atoms with Gasteiger partial charge in [-0.3, -0.25) is 14.5 Å². The van der Waals surface area contributed by atoms with Crippen LogP contribution in [0, 0.1) is 18.6 Å². The highest BCUT2D eigenvalue weighted by atomic mass is 32.2. The first-order chi connectivity index (χ1) is 17.2. The molecule has 1 heterocycles. The number of aryl methyl sites for hydroxylation is 1. The second-order valence-electron chi connectivity index (χ2n) is 9.22. The molecule has 194 valence electrons. The maximum Gasteiger partial charge on any atom is 0.280 e. The van der Waals surface area contributed by atoms with Crippen LogP contribution < -0.4 is 14.9 Å². The lowest BCUT2D eigenvalue weighted by Crippen LogP contribution is -2.50. The molecule has 36 heavy (non-hydrogen) atoms. The second kappa shape index (κ2) is 11.0. The van der Waals surface area contributed by atoms with E-state index < -0.39 is 46.2 Å². The van der Waals surface area contributed by atoms with E-state index >= 15 is 0 Å². The molecule has 0 spiro atoms. The lowest BCUT2D eigenvalue weighted by atomic mass is 9.93. The highest BCUT2D eigenvalue weighted by Crippen LogP contribution is 2.32. The number of nitrogens with zero attached hydrogens (tertiary/aromatic N) is 2. The Hall–Kier alpha value is -2.89. The minimum atomic E-state index is -3.87. The van der Waals surface area contributed by atoms with Gasteiger partial charge in [0, 0.05) is 25.2 Å². The Bertz CT molecular complexity index is 1210. The van der Waals surface area contributed by atoms with Crippen molar-refractivity contribution in [3.63, 3.8) is 0 Å². The van der Waals surface area contributed by atoms with Crippen LogP contribution >= 0.6 is 0 Å². The first-order valence-corrected chi connectivity index (χ1v) is 13.5. The summed E-state index contributed by atoms with van der Waals surface area (Å²) in [6.45, 7) is 1.78. The van der Waals surface area contributed by atoms with Gasteiger partial charge in [-0.05, 0) is 43.0 Å². The third-order valence-corrected chi connectivity index (χ3v) is 8.04. The van der Waals surface area contributed by atoms with Gasteiger partial charge < -0.3 is 5.32 Å². The number of rotatable bonds is 9. The lowest BCUT2D eigenvalue weighted by Gasteiger charge is -2.34. The molecule has 1 atom stereocenters. The summed E-state index contributed by atoms with van der Waals surface area (Å²) in [5.74, 6) is -3.17. The van der Waals surface area contributed by atoms with Crippen LogP contribution in [0.15, 0.2) is 42.5 Å². The van der Waals surface area contributed by atoms with Crippen molar-refractivity contribution in [2.45, 2.75) is 51.1 Å². The number of hydrogen-bond acceptors (Lipinski definition) is 4. The molecule has 2 fully saturated rings. The van der Waals surface area contributed by atoms with Crippen molar-refractivity contribution in [2.75, 3.05) is 24.5 Å². The normalized spacial score (nSPS) is 17.4. The largest absolute Gasteiger partial charge is 0.351 e. The van der Waals surface area contributed by atoms with E-state index in [1.54, 1.807) is 31.2 Å². The molecule has 1 saturated heterocycles. The van der Waals surface area contributed by atoms with Gasteiger partial charge in [0.05, 0.1) is 12.2 Å². The summed E-state index contributed by atoms with van der Waals surface area (Å²) in [7, 11) is -3.87. The molecule has 2 N–H and O–H groups in total. The van der Waals surface area contributed by atoms with Crippen LogP contribution in [0.25, 0.3) is 0 Å². The molecule has 11 heteroatoms. The Balaban J connectivity index is 1.74. The molecule has 2 aliphatic rings. The van der Waals surface area contributed by atoms with Gasteiger partial charge in [-0.2, -0.15) is 17.4 Å². The number of carbonyl (C=O) groups excluding carboxylic acids is 2. The molecule has 2 aromatic rings. The van der Waals surface area contributed by atoms with Gasteiger partial charge in [0.2, 0.25) is 11.8 Å². The number of carbonyl (C=O) groups is 2. The number of hydrogen-bond donors (Lipinski definition) is 2. The summed E-state index contributed by atoms with van der Waals surface area (Å²) >= 11 is 0. The molecule has 1 saturated carbocycles. The zero-order valence-corrected chi connectivity index (χ0v) is 20.9. The van der Waals surface area contributed by atoms with Crippen LogP contribution in [0.4, 0.5) is 14.5 Å². The minimum Gasteiger partial charge on any atom is -0.351 e. The zero-order valence-electron chi connectivity index (χ0n) is 20.0. The van der Waals surface area contributed by atoms with Gasteiger partial charge in [0.15, 0.2) is 0 Å². The molecule has 2 amide bonds. The van der Waals surface area contributed by atoms with Crippen molar-refractivity contribution >= 4 is 27.7 Å². The summed E-state index contributed by atoms with van der Waals surface area (Å²) in [4.78, 5) is 28.3. The second-order valence-corrected chi connectivity index (χ2v) is 11.0. The number of amides is 2. The van der Waals surface area contributed by atoms with E-state index in [9.17, 15) is 26.8 Å². The van der Waals surface area contributed by atoms with Gasteiger partial charge in [-0.1, -0.05) is 43.5 Å². The van der Waals surface area contributed by atoms with E-state index in [1.807, 2.05) is 0 Å². The van der Waals surface area contributed by atoms with E-state index in [0.29, 0.717) is 30.3 Å². The van der Waals surface area contributed by atoms with Gasteiger partial charge in [-0.15, -0.1) is 0 Å². The Kier molecular flexibility index (Phi) is 8.01. The number of halogens is 2. The molecule has 2 aromatic carbocycles. The molecule has 0 radical (unpaired) electrons. The Morgan fingerprint density at radius 1 is 1.06 bits per heavy atom. The van der Waals surface area contributed by atoms with E-state index in [0.717, 1.165) is 53.4 Å². The molecular weight excluding hydrogens is 490 g/mol. The lowest BCUT2D eigenvalue weighted by molar-refractivity contribution is -0.127. The SMILES string of the molecule is Cc1ccccc1[C@H](C(=O)NC1CCCCC1)N(C(=O)CNS(=O)(=O)N1CC1)c1cc(F)cc(F)c1. The Morgan fingerprint density at radius 3 is 2.31 bits per heavy atom. The quantitative estimate of drug-likeness (QED) is 0.497. The first kappa shape index (κ1) is 26.2. The standard InChI is InChI=1S/C25H30F2N4O4S/c1-17-7-5-6-10-22(17)24(25(33)29-20-8-3-2-4-9-20)31(21-14-18(26)13-19(27)15-21)23(32)16-28-36(34,35)30-11-12-30/h5-7,10,13-15,20,24,28H,2-4,8-9,11-12,16H2,1H3,(H,29,33)/t24-/m1/s1. The fraction of sp³-hybridized carbons (Fsp3) is 0.440. The molecule has 4 rings (SSSR count). The van der Waals surface area contributed by atoms with Gasteiger partial charge in [0.1, 0.15) is 17.7 Å². The van der Waals surface area contributed by atoms with Gasteiger partial charge >= 0.3 is 0 Å². The van der Waals surface area contributed by atoms with E-state index in [-0.39, 0.29) is 11.7 Å². The summed E-state index contributed by atoms with van der Waals surface area (Å²) in [5.41, 5.74) is 0.980. The number of benzene rings is 2. The van der Waals surface area contributed by atoms with Crippen LogP contribution in [-0.4, -0.2) is 50.2 Å². The van der Waals surface area contributed by atoms with E-state index in [4.69, 9.17) is 0 Å². The van der Waals surface area contributed by atoms with Crippen LogP contribution in [0.1, 0.15) is 49.3 Å². The molecular formula is C25H30F2N4O4S. The average Bonchev–Trinajstić information content (AvgIpc) is 3.68. The summed E-state index contributed by atoms with van der Waals surface area (Å²) in [6, 6.07) is 8.16. The topological polar surface area (TPSA) is 98.6 Å². The highest BCUT2D eigenvalue weighted by molar-refractivity contribution is 7.87. The van der Waals surface area contributed by atoms with E-state index in [2.05, 4.69) is 10.0 Å². The highest BCUT2D eigenvalue weighted by Gasteiger charge is 2.37. The van der Waals surface area contributed by atoms with Crippen LogP contribution in [0.5, 0.6) is 0 Å². The molecule has 0 unspecified atom stereocenters. The first-order valence-electron chi connectivity index (χ1n) is 12.0. The molecule has 8 nitrogen and oxygen atoms in total. The molecule has 0 aromatic heterocycles. The minimum absolute atomic E-state index is 0.0832. The Labute approximate surface area is 209 Å².